The van der Waals surface area contributed by atoms with Crippen LogP contribution in [0.1, 0.15) is 246 Å². The predicted molar refractivity (Wildman–Crippen MR) is 215 cm³/mol. The Bertz CT molecular complexity index is 766. The number of ether oxygens (including phenoxy) is 3. The summed E-state index contributed by atoms with van der Waals surface area (Å²) in [6.45, 7) is 8.93. The number of unbranched alkanes of at least 4 members (excludes halogenated alkanes) is 27. The van der Waals surface area contributed by atoms with Crippen LogP contribution in [0.3, 0.4) is 0 Å². The minimum atomic E-state index is -0.758. The summed E-state index contributed by atoms with van der Waals surface area (Å²) in [5.41, 5.74) is 0. The smallest absolute Gasteiger partial charge is 0.306 e. The van der Waals surface area contributed by atoms with Crippen LogP contribution < -0.4 is 0 Å². The highest BCUT2D eigenvalue weighted by Crippen LogP contribution is 2.16. The zero-order valence-corrected chi connectivity index (χ0v) is 34.6. The van der Waals surface area contributed by atoms with Gasteiger partial charge in [0.15, 0.2) is 6.10 Å². The second-order valence-electron chi connectivity index (χ2n) is 15.8. The SMILES string of the molecule is CCCCCCCCCCCCCCCCC(=O)O[C@@H](COC(=O)CCCCCCCCCCC)COC(=O)CCCCCCCCCC(C)C. The van der Waals surface area contributed by atoms with Gasteiger partial charge in [0.1, 0.15) is 13.2 Å². The van der Waals surface area contributed by atoms with Crippen LogP contribution in [0.15, 0.2) is 0 Å². The molecule has 0 aliphatic rings. The Labute approximate surface area is 317 Å². The van der Waals surface area contributed by atoms with Gasteiger partial charge in [-0.2, -0.15) is 0 Å². The van der Waals surface area contributed by atoms with Crippen molar-refractivity contribution in [2.75, 3.05) is 13.2 Å². The average molecular weight is 723 g/mol. The molecular weight excluding hydrogens is 636 g/mol. The molecule has 0 amide bonds. The van der Waals surface area contributed by atoms with Gasteiger partial charge in [-0.25, -0.2) is 0 Å². The van der Waals surface area contributed by atoms with Crippen LogP contribution in [-0.2, 0) is 28.6 Å². The summed E-state index contributed by atoms with van der Waals surface area (Å²) >= 11 is 0. The minimum absolute atomic E-state index is 0.0647. The van der Waals surface area contributed by atoms with Gasteiger partial charge in [-0.05, 0) is 25.2 Å². The first-order valence-electron chi connectivity index (χ1n) is 22.4. The Hall–Kier alpha value is -1.59. The van der Waals surface area contributed by atoms with Gasteiger partial charge in [0.25, 0.3) is 0 Å². The summed E-state index contributed by atoms with van der Waals surface area (Å²) in [6, 6.07) is 0. The first-order valence-corrected chi connectivity index (χ1v) is 22.4. The van der Waals surface area contributed by atoms with Gasteiger partial charge in [0, 0.05) is 19.3 Å². The van der Waals surface area contributed by atoms with E-state index in [1.54, 1.807) is 0 Å². The van der Waals surface area contributed by atoms with Gasteiger partial charge in [0.05, 0.1) is 0 Å². The van der Waals surface area contributed by atoms with Crippen LogP contribution in [0, 0.1) is 5.92 Å². The van der Waals surface area contributed by atoms with E-state index in [0.29, 0.717) is 19.3 Å². The van der Waals surface area contributed by atoms with E-state index in [2.05, 4.69) is 27.7 Å². The standard InChI is InChI=1S/C45H86O6/c1-5-7-9-11-13-15-16-17-18-19-21-25-30-34-38-45(48)51-42(39-49-43(46)36-32-28-24-20-14-12-10-8-6-2)40-50-44(47)37-33-29-26-22-23-27-31-35-41(3)4/h41-42H,5-40H2,1-4H3/t42-/m0/s1. The Morgan fingerprint density at radius 3 is 0.961 bits per heavy atom. The molecule has 0 bridgehead atoms. The van der Waals surface area contributed by atoms with Crippen molar-refractivity contribution in [1.82, 2.24) is 0 Å². The van der Waals surface area contributed by atoms with Crippen LogP contribution in [-0.4, -0.2) is 37.2 Å². The lowest BCUT2D eigenvalue weighted by atomic mass is 10.0. The van der Waals surface area contributed by atoms with Crippen LogP contribution in [0.2, 0.25) is 0 Å². The summed E-state index contributed by atoms with van der Waals surface area (Å²) in [5, 5.41) is 0. The van der Waals surface area contributed by atoms with Crippen LogP contribution >= 0.6 is 0 Å². The third-order valence-corrected chi connectivity index (χ3v) is 10.0. The summed E-state index contributed by atoms with van der Waals surface area (Å²) in [5.74, 6) is -0.0783. The molecule has 0 saturated carbocycles. The van der Waals surface area contributed by atoms with E-state index < -0.39 is 6.10 Å². The zero-order valence-electron chi connectivity index (χ0n) is 34.6. The summed E-state index contributed by atoms with van der Waals surface area (Å²) in [4.78, 5) is 37.6. The van der Waals surface area contributed by atoms with Gasteiger partial charge < -0.3 is 14.2 Å². The predicted octanol–water partition coefficient (Wildman–Crippen LogP) is 13.9. The first kappa shape index (κ1) is 49.4. The van der Waals surface area contributed by atoms with Crippen molar-refractivity contribution in [3.8, 4) is 0 Å². The van der Waals surface area contributed by atoms with Crippen LogP contribution in [0.5, 0.6) is 0 Å². The largest absolute Gasteiger partial charge is 0.462 e. The molecule has 0 aromatic rings. The maximum atomic E-state index is 12.7. The van der Waals surface area contributed by atoms with E-state index in [1.165, 1.54) is 141 Å². The van der Waals surface area contributed by atoms with Crippen molar-refractivity contribution in [3.63, 3.8) is 0 Å². The molecule has 0 aliphatic heterocycles. The third-order valence-electron chi connectivity index (χ3n) is 10.0. The molecule has 0 fully saturated rings. The van der Waals surface area contributed by atoms with Crippen molar-refractivity contribution < 1.29 is 28.6 Å². The fourth-order valence-corrected chi connectivity index (χ4v) is 6.63. The van der Waals surface area contributed by atoms with Crippen molar-refractivity contribution >= 4 is 17.9 Å². The highest BCUT2D eigenvalue weighted by molar-refractivity contribution is 5.71. The van der Waals surface area contributed by atoms with Crippen molar-refractivity contribution in [3.05, 3.63) is 0 Å². The van der Waals surface area contributed by atoms with E-state index in [1.807, 2.05) is 0 Å². The van der Waals surface area contributed by atoms with Gasteiger partial charge in [0.2, 0.25) is 0 Å². The fraction of sp³-hybridized carbons (Fsp3) is 0.933. The van der Waals surface area contributed by atoms with Gasteiger partial charge >= 0.3 is 17.9 Å². The van der Waals surface area contributed by atoms with Crippen molar-refractivity contribution in [2.24, 2.45) is 5.92 Å². The molecule has 0 rings (SSSR count). The molecule has 0 N–H and O–H groups in total. The molecule has 0 spiro atoms. The second kappa shape index (κ2) is 39.6. The van der Waals surface area contributed by atoms with Gasteiger partial charge in [-0.3, -0.25) is 14.4 Å². The number of rotatable bonds is 40. The number of hydrogen-bond donors (Lipinski definition) is 0. The Morgan fingerprint density at radius 2 is 0.647 bits per heavy atom. The van der Waals surface area contributed by atoms with E-state index in [9.17, 15) is 14.4 Å². The maximum absolute atomic E-state index is 12.7. The lowest BCUT2D eigenvalue weighted by molar-refractivity contribution is -0.167. The number of carbonyl (C=O) groups is 3. The minimum Gasteiger partial charge on any atom is -0.462 e. The molecule has 0 heterocycles. The van der Waals surface area contributed by atoms with Crippen molar-refractivity contribution in [2.45, 2.75) is 252 Å². The Kier molecular flexibility index (Phi) is 38.4. The van der Waals surface area contributed by atoms with Gasteiger partial charge in [-0.15, -0.1) is 0 Å². The van der Waals surface area contributed by atoms with Crippen molar-refractivity contribution in [1.29, 1.82) is 0 Å². The van der Waals surface area contributed by atoms with Gasteiger partial charge in [-0.1, -0.05) is 207 Å². The third kappa shape index (κ3) is 39.5. The van der Waals surface area contributed by atoms with E-state index >= 15 is 0 Å². The molecule has 0 saturated heterocycles. The molecular formula is C45H86O6. The van der Waals surface area contributed by atoms with Crippen LogP contribution in [0.4, 0.5) is 0 Å². The highest BCUT2D eigenvalue weighted by atomic mass is 16.6. The Morgan fingerprint density at radius 1 is 0.373 bits per heavy atom. The lowest BCUT2D eigenvalue weighted by Gasteiger charge is -2.18. The quantitative estimate of drug-likeness (QED) is 0.0356. The van der Waals surface area contributed by atoms with Crippen LogP contribution in [0.25, 0.3) is 0 Å². The second-order valence-corrected chi connectivity index (χ2v) is 15.8. The highest BCUT2D eigenvalue weighted by Gasteiger charge is 2.19. The molecule has 6 heteroatoms. The molecule has 0 radical (unpaired) electrons. The average Bonchev–Trinajstić information content (AvgIpc) is 3.11. The topological polar surface area (TPSA) is 78.9 Å². The fourth-order valence-electron chi connectivity index (χ4n) is 6.63. The number of esters is 3. The summed E-state index contributed by atoms with van der Waals surface area (Å²) in [7, 11) is 0. The van der Waals surface area contributed by atoms with E-state index in [0.717, 1.165) is 63.7 Å². The maximum Gasteiger partial charge on any atom is 0.306 e. The molecule has 51 heavy (non-hydrogen) atoms. The normalized spacial score (nSPS) is 11.9. The lowest BCUT2D eigenvalue weighted by Crippen LogP contribution is -2.30. The molecule has 302 valence electrons. The molecule has 1 atom stereocenters. The van der Waals surface area contributed by atoms with E-state index in [4.69, 9.17) is 14.2 Å². The monoisotopic (exact) mass is 723 g/mol. The molecule has 0 aliphatic carbocycles. The van der Waals surface area contributed by atoms with E-state index in [-0.39, 0.29) is 31.1 Å². The number of hydrogen-bond acceptors (Lipinski definition) is 6. The summed E-state index contributed by atoms with van der Waals surface area (Å²) < 4.78 is 16.7. The molecule has 0 aromatic carbocycles. The molecule has 0 unspecified atom stereocenters. The molecule has 0 aromatic heterocycles. The first-order chi connectivity index (χ1) is 24.9. The Balaban J connectivity index is 4.31. The number of carbonyl (C=O) groups excluding carboxylic acids is 3. The zero-order chi connectivity index (χ0) is 37.5. The summed E-state index contributed by atoms with van der Waals surface area (Å²) in [6.07, 6.45) is 38.1. The molecule has 6 nitrogen and oxygen atoms in total.